The van der Waals surface area contributed by atoms with Crippen LogP contribution in [0.25, 0.3) is 0 Å². The zero-order chi connectivity index (χ0) is 15.0. The monoisotopic (exact) mass is 297 g/mol. The van der Waals surface area contributed by atoms with Crippen molar-refractivity contribution in [3.05, 3.63) is 30.0 Å². The Balaban J connectivity index is 1.91. The van der Waals surface area contributed by atoms with Gasteiger partial charge in [-0.15, -0.1) is 10.2 Å². The van der Waals surface area contributed by atoms with Gasteiger partial charge in [0.05, 0.1) is 19.1 Å². The van der Waals surface area contributed by atoms with Gasteiger partial charge in [-0.3, -0.25) is 4.79 Å². The Morgan fingerprint density at radius 3 is 3.00 bits per heavy atom. The molecule has 0 saturated carbocycles. The summed E-state index contributed by atoms with van der Waals surface area (Å²) in [6.45, 7) is 1.13. The summed E-state index contributed by atoms with van der Waals surface area (Å²) >= 11 is 0. The number of imidazole rings is 1. The van der Waals surface area contributed by atoms with E-state index in [1.165, 1.54) is 12.5 Å². The largest absolute Gasteiger partial charge is 0.423 e. The zero-order valence-electron chi connectivity index (χ0n) is 11.2. The number of nitrogens with one attached hydrogen (secondary N) is 1. The third-order valence-electron chi connectivity index (χ3n) is 3.33. The normalized spacial score (nSPS) is 20.9. The molecule has 1 amide bonds. The molecule has 0 spiro atoms. The fraction of sp³-hybridized carbons (Fsp3) is 0.500. The predicted octanol–water partition coefficient (Wildman–Crippen LogP) is 1.58. The summed E-state index contributed by atoms with van der Waals surface area (Å²) in [6, 6.07) is -0.927. The molecular formula is C12H13F2N5O2. The Kier molecular flexibility index (Phi) is 3.19. The Bertz CT molecular complexity index is 640. The van der Waals surface area contributed by atoms with Crippen LogP contribution in [0.2, 0.25) is 0 Å². The van der Waals surface area contributed by atoms with Gasteiger partial charge >= 0.3 is 0 Å². The van der Waals surface area contributed by atoms with Crippen molar-refractivity contribution >= 4 is 5.91 Å². The number of likely N-dealkylation sites (tertiary alicyclic amines) is 1. The van der Waals surface area contributed by atoms with Crippen molar-refractivity contribution in [2.24, 2.45) is 0 Å². The van der Waals surface area contributed by atoms with Crippen molar-refractivity contribution in [1.82, 2.24) is 25.1 Å². The van der Waals surface area contributed by atoms with Crippen molar-refractivity contribution in [2.75, 3.05) is 6.54 Å². The first-order valence-corrected chi connectivity index (χ1v) is 6.49. The number of aryl methyl sites for hydroxylation is 1. The van der Waals surface area contributed by atoms with Gasteiger partial charge in [0.2, 0.25) is 11.8 Å². The number of hydrogen-bond donors (Lipinski definition) is 1. The van der Waals surface area contributed by atoms with Gasteiger partial charge in [0.1, 0.15) is 11.7 Å². The predicted molar refractivity (Wildman–Crippen MR) is 65.6 cm³/mol. The highest BCUT2D eigenvalue weighted by atomic mass is 19.3. The molecule has 1 fully saturated rings. The summed E-state index contributed by atoms with van der Waals surface area (Å²) < 4.78 is 32.8. The fourth-order valence-corrected chi connectivity index (χ4v) is 2.32. The first-order valence-electron chi connectivity index (χ1n) is 6.49. The highest BCUT2D eigenvalue weighted by Gasteiger charge is 2.50. The molecule has 0 unspecified atom stereocenters. The third kappa shape index (κ3) is 2.50. The number of hydrogen-bond acceptors (Lipinski definition) is 5. The van der Waals surface area contributed by atoms with Crippen LogP contribution in [0.15, 0.2) is 16.9 Å². The van der Waals surface area contributed by atoms with E-state index in [1.54, 1.807) is 0 Å². The summed E-state index contributed by atoms with van der Waals surface area (Å²) in [5.74, 6) is -3.15. The molecule has 1 saturated heterocycles. The van der Waals surface area contributed by atoms with Crippen LogP contribution in [0.4, 0.5) is 8.78 Å². The SMILES string of the molecule is CCc1nnc([C@@H]2CC(F)(F)CN2C(=O)c2cnc[nH]2)o1. The highest BCUT2D eigenvalue weighted by molar-refractivity contribution is 5.92. The van der Waals surface area contributed by atoms with Crippen molar-refractivity contribution in [3.8, 4) is 0 Å². The molecule has 3 heterocycles. The molecule has 0 aromatic carbocycles. The molecule has 2 aromatic rings. The second-order valence-electron chi connectivity index (χ2n) is 4.86. The Morgan fingerprint density at radius 1 is 1.57 bits per heavy atom. The van der Waals surface area contributed by atoms with Crippen molar-refractivity contribution in [1.29, 1.82) is 0 Å². The standard InChI is InChI=1S/C12H13F2N5O2/c1-2-9-17-18-10(21-9)8-3-12(13,14)5-19(8)11(20)7-4-15-6-16-7/h4,6,8H,2-3,5H2,1H3,(H,15,16)/t8-/m0/s1. The molecule has 1 aliphatic rings. The Morgan fingerprint density at radius 2 is 2.38 bits per heavy atom. The first kappa shape index (κ1) is 13.7. The van der Waals surface area contributed by atoms with Gasteiger partial charge in [-0.25, -0.2) is 13.8 Å². The molecular weight excluding hydrogens is 284 g/mol. The third-order valence-corrected chi connectivity index (χ3v) is 3.33. The lowest BCUT2D eigenvalue weighted by molar-refractivity contribution is 0.0116. The number of rotatable bonds is 3. The van der Waals surface area contributed by atoms with Gasteiger partial charge in [-0.2, -0.15) is 0 Å². The van der Waals surface area contributed by atoms with Gasteiger partial charge in [-0.05, 0) is 0 Å². The number of amides is 1. The van der Waals surface area contributed by atoms with Crippen molar-refractivity contribution in [2.45, 2.75) is 31.7 Å². The van der Waals surface area contributed by atoms with Crippen LogP contribution >= 0.6 is 0 Å². The maximum Gasteiger partial charge on any atom is 0.272 e. The molecule has 1 aliphatic heterocycles. The van der Waals surface area contributed by atoms with Crippen LogP contribution in [0.1, 0.15) is 41.7 Å². The highest BCUT2D eigenvalue weighted by Crippen LogP contribution is 2.41. The first-order chi connectivity index (χ1) is 10.00. The molecule has 0 radical (unpaired) electrons. The van der Waals surface area contributed by atoms with Crippen LogP contribution in [-0.4, -0.2) is 43.4 Å². The molecule has 1 N–H and O–H groups in total. The average Bonchev–Trinajstić information content (AvgIpc) is 3.16. The number of halogens is 2. The van der Waals surface area contributed by atoms with E-state index in [2.05, 4.69) is 20.2 Å². The van der Waals surface area contributed by atoms with Crippen molar-refractivity contribution in [3.63, 3.8) is 0 Å². The van der Waals surface area contributed by atoms with E-state index in [-0.39, 0.29) is 11.6 Å². The van der Waals surface area contributed by atoms with E-state index in [0.717, 1.165) is 4.90 Å². The Labute approximate surface area is 118 Å². The van der Waals surface area contributed by atoms with Crippen LogP contribution in [0.5, 0.6) is 0 Å². The maximum atomic E-state index is 13.7. The fourth-order valence-electron chi connectivity index (χ4n) is 2.32. The lowest BCUT2D eigenvalue weighted by atomic mass is 10.2. The minimum absolute atomic E-state index is 0.0388. The minimum atomic E-state index is -2.98. The lowest BCUT2D eigenvalue weighted by Crippen LogP contribution is -2.33. The molecule has 0 aliphatic carbocycles. The lowest BCUT2D eigenvalue weighted by Gasteiger charge is -2.20. The molecule has 21 heavy (non-hydrogen) atoms. The Hall–Kier alpha value is -2.32. The molecule has 9 heteroatoms. The van der Waals surface area contributed by atoms with E-state index in [9.17, 15) is 13.6 Å². The number of aromatic nitrogens is 4. The second-order valence-corrected chi connectivity index (χ2v) is 4.86. The molecule has 1 atom stereocenters. The number of alkyl halides is 2. The van der Waals surface area contributed by atoms with E-state index >= 15 is 0 Å². The molecule has 0 bridgehead atoms. The molecule has 2 aromatic heterocycles. The van der Waals surface area contributed by atoms with Crippen molar-refractivity contribution < 1.29 is 18.0 Å². The van der Waals surface area contributed by atoms with Gasteiger partial charge < -0.3 is 14.3 Å². The number of carbonyl (C=O) groups is 1. The van der Waals surface area contributed by atoms with E-state index in [4.69, 9.17) is 4.42 Å². The van der Waals surface area contributed by atoms with E-state index in [0.29, 0.717) is 12.3 Å². The summed E-state index contributed by atoms with van der Waals surface area (Å²) in [4.78, 5) is 19.7. The second kappa shape index (κ2) is 4.90. The van der Waals surface area contributed by atoms with Crippen LogP contribution in [0, 0.1) is 0 Å². The van der Waals surface area contributed by atoms with Gasteiger partial charge in [0.15, 0.2) is 0 Å². The minimum Gasteiger partial charge on any atom is -0.423 e. The number of nitrogens with zero attached hydrogens (tertiary/aromatic N) is 4. The van der Waals surface area contributed by atoms with E-state index < -0.39 is 30.8 Å². The number of carbonyl (C=O) groups excluding carboxylic acids is 1. The summed E-state index contributed by atoms with van der Waals surface area (Å²) in [5, 5.41) is 7.54. The topological polar surface area (TPSA) is 87.9 Å². The maximum absolute atomic E-state index is 13.7. The molecule has 112 valence electrons. The summed E-state index contributed by atoms with van der Waals surface area (Å²) in [7, 11) is 0. The smallest absolute Gasteiger partial charge is 0.272 e. The zero-order valence-corrected chi connectivity index (χ0v) is 11.2. The number of aromatic amines is 1. The van der Waals surface area contributed by atoms with Crippen LogP contribution in [0.3, 0.4) is 0 Å². The molecule has 7 nitrogen and oxygen atoms in total. The van der Waals surface area contributed by atoms with Gasteiger partial charge in [-0.1, -0.05) is 6.92 Å². The summed E-state index contributed by atoms with van der Waals surface area (Å²) in [5.41, 5.74) is 0.146. The molecule has 3 rings (SSSR count). The number of H-pyrrole nitrogens is 1. The van der Waals surface area contributed by atoms with Gasteiger partial charge in [0, 0.05) is 12.8 Å². The quantitative estimate of drug-likeness (QED) is 0.929. The average molecular weight is 297 g/mol. The summed E-state index contributed by atoms with van der Waals surface area (Å²) in [6.07, 6.45) is 2.59. The van der Waals surface area contributed by atoms with Gasteiger partial charge in [0.25, 0.3) is 11.8 Å². The van der Waals surface area contributed by atoms with E-state index in [1.807, 2.05) is 6.92 Å². The van der Waals surface area contributed by atoms with Crippen LogP contribution < -0.4 is 0 Å². The van der Waals surface area contributed by atoms with Crippen LogP contribution in [-0.2, 0) is 6.42 Å².